The van der Waals surface area contributed by atoms with Gasteiger partial charge in [0, 0.05) is 12.6 Å². The van der Waals surface area contributed by atoms with E-state index in [9.17, 15) is 4.79 Å². The number of amides is 1. The van der Waals surface area contributed by atoms with Crippen LogP contribution >= 0.6 is 0 Å². The lowest BCUT2D eigenvalue weighted by Gasteiger charge is -2.35. The second-order valence-electron chi connectivity index (χ2n) is 7.94. The summed E-state index contributed by atoms with van der Waals surface area (Å²) in [6, 6.07) is 1.09. The molecule has 0 radical (unpaired) electrons. The van der Waals surface area contributed by atoms with Gasteiger partial charge in [-0.2, -0.15) is 0 Å². The van der Waals surface area contributed by atoms with Crippen molar-refractivity contribution < 1.29 is 4.79 Å². The van der Waals surface area contributed by atoms with Crippen LogP contribution in [0.1, 0.15) is 58.8 Å². The fourth-order valence-electron chi connectivity index (χ4n) is 5.35. The van der Waals surface area contributed by atoms with E-state index in [1.807, 2.05) is 0 Å². The molecule has 1 N–H and O–H groups in total. The molecule has 3 heterocycles. The quantitative estimate of drug-likeness (QED) is 0.844. The molecule has 3 unspecified atom stereocenters. The molecule has 1 amide bonds. The van der Waals surface area contributed by atoms with E-state index in [2.05, 4.69) is 29.0 Å². The van der Waals surface area contributed by atoms with Gasteiger partial charge >= 0.3 is 0 Å². The summed E-state index contributed by atoms with van der Waals surface area (Å²) in [5.41, 5.74) is -0.207. The minimum atomic E-state index is -0.207. The number of rotatable bonds is 2. The molecule has 4 rings (SSSR count). The van der Waals surface area contributed by atoms with E-state index in [0.29, 0.717) is 23.9 Å². The summed E-state index contributed by atoms with van der Waals surface area (Å²) in [6.45, 7) is 6.95. The Bertz CT molecular complexity index is 430. The molecule has 1 saturated carbocycles. The maximum atomic E-state index is 13.3. The largest absolute Gasteiger partial charge is 0.321 e. The molecule has 4 aliphatic rings. The monoisotopic (exact) mass is 291 g/mol. The molecule has 4 fully saturated rings. The molecule has 4 nitrogen and oxygen atoms in total. The zero-order valence-electron chi connectivity index (χ0n) is 13.5. The third-order valence-corrected chi connectivity index (χ3v) is 6.38. The van der Waals surface area contributed by atoms with Crippen LogP contribution in [0.2, 0.25) is 0 Å². The second kappa shape index (κ2) is 4.95. The summed E-state index contributed by atoms with van der Waals surface area (Å²) < 4.78 is 0. The second-order valence-corrected chi connectivity index (χ2v) is 7.94. The molecule has 3 saturated heterocycles. The first kappa shape index (κ1) is 14.0. The van der Waals surface area contributed by atoms with Crippen LogP contribution in [0.5, 0.6) is 0 Å². The third-order valence-electron chi connectivity index (χ3n) is 6.38. The Kier molecular flexibility index (Phi) is 3.30. The lowest BCUT2D eigenvalue weighted by atomic mass is 9.96. The standard InChI is InChI=1S/C17H29N3O/c1-12(2)15-18-17(8-3-4-9-17)16(21)20(15)14-7-11-19-10-5-6-13(14)19/h12-15,18H,3-11H2,1-2H3. The van der Waals surface area contributed by atoms with Crippen molar-refractivity contribution in [2.24, 2.45) is 5.92 Å². The summed E-state index contributed by atoms with van der Waals surface area (Å²) in [6.07, 6.45) is 8.54. The lowest BCUT2D eigenvalue weighted by molar-refractivity contribution is -0.136. The molecule has 0 bridgehead atoms. The average Bonchev–Trinajstić information content (AvgIpc) is 3.17. The van der Waals surface area contributed by atoms with E-state index in [1.165, 1.54) is 45.2 Å². The molecule has 1 aliphatic carbocycles. The number of hydrogen-bond acceptors (Lipinski definition) is 3. The Labute approximate surface area is 128 Å². The highest BCUT2D eigenvalue weighted by atomic mass is 16.2. The number of nitrogens with one attached hydrogen (secondary N) is 1. The highest BCUT2D eigenvalue weighted by Gasteiger charge is 2.57. The first-order chi connectivity index (χ1) is 10.1. The van der Waals surface area contributed by atoms with E-state index in [-0.39, 0.29) is 11.7 Å². The van der Waals surface area contributed by atoms with E-state index < -0.39 is 0 Å². The summed E-state index contributed by atoms with van der Waals surface area (Å²) in [5.74, 6) is 0.918. The molecule has 1 spiro atoms. The topological polar surface area (TPSA) is 35.6 Å². The molecule has 0 aromatic carbocycles. The van der Waals surface area contributed by atoms with Crippen molar-refractivity contribution in [2.45, 2.75) is 82.6 Å². The van der Waals surface area contributed by atoms with Crippen molar-refractivity contribution in [1.29, 1.82) is 0 Å². The first-order valence-corrected chi connectivity index (χ1v) is 8.97. The molecule has 4 heteroatoms. The normalized spacial score (nSPS) is 39.1. The summed E-state index contributed by atoms with van der Waals surface area (Å²) in [5, 5.41) is 3.78. The molecule has 0 aromatic heterocycles. The Morgan fingerprint density at radius 3 is 2.57 bits per heavy atom. The van der Waals surface area contributed by atoms with Crippen LogP contribution in [0.15, 0.2) is 0 Å². The average molecular weight is 291 g/mol. The number of hydrogen-bond donors (Lipinski definition) is 1. The Hall–Kier alpha value is -0.610. The van der Waals surface area contributed by atoms with E-state index in [4.69, 9.17) is 0 Å². The minimum absolute atomic E-state index is 0.207. The van der Waals surface area contributed by atoms with Gasteiger partial charge in [-0.25, -0.2) is 0 Å². The van der Waals surface area contributed by atoms with Crippen LogP contribution in [-0.4, -0.2) is 52.6 Å². The van der Waals surface area contributed by atoms with Gasteiger partial charge in [0.1, 0.15) is 0 Å². The predicted octanol–water partition coefficient (Wildman–Crippen LogP) is 1.95. The van der Waals surface area contributed by atoms with Gasteiger partial charge in [-0.05, 0) is 44.6 Å². The van der Waals surface area contributed by atoms with Crippen molar-refractivity contribution in [1.82, 2.24) is 15.1 Å². The molecule has 21 heavy (non-hydrogen) atoms. The van der Waals surface area contributed by atoms with Crippen LogP contribution in [0.4, 0.5) is 0 Å². The number of fused-ring (bicyclic) bond motifs is 1. The molecular weight excluding hydrogens is 262 g/mol. The van der Waals surface area contributed by atoms with Crippen molar-refractivity contribution >= 4 is 5.91 Å². The molecule has 0 aromatic rings. The Morgan fingerprint density at radius 1 is 1.10 bits per heavy atom. The highest BCUT2D eigenvalue weighted by Crippen LogP contribution is 2.42. The van der Waals surface area contributed by atoms with Crippen LogP contribution in [0.25, 0.3) is 0 Å². The fraction of sp³-hybridized carbons (Fsp3) is 0.941. The maximum absolute atomic E-state index is 13.3. The van der Waals surface area contributed by atoms with Gasteiger partial charge in [0.2, 0.25) is 5.91 Å². The van der Waals surface area contributed by atoms with Gasteiger partial charge in [-0.15, -0.1) is 0 Å². The number of nitrogens with zero attached hydrogens (tertiary/aromatic N) is 2. The predicted molar refractivity (Wildman–Crippen MR) is 82.8 cm³/mol. The minimum Gasteiger partial charge on any atom is -0.321 e. The Balaban J connectivity index is 1.63. The van der Waals surface area contributed by atoms with Gasteiger partial charge in [0.05, 0.1) is 17.7 Å². The van der Waals surface area contributed by atoms with Crippen LogP contribution in [0.3, 0.4) is 0 Å². The smallest absolute Gasteiger partial charge is 0.244 e. The molecule has 3 atom stereocenters. The lowest BCUT2D eigenvalue weighted by Crippen LogP contribution is -2.51. The summed E-state index contributed by atoms with van der Waals surface area (Å²) in [7, 11) is 0. The SMILES string of the molecule is CC(C)C1NC2(CCCC2)C(=O)N1C1CCN2CCCC12. The zero-order valence-corrected chi connectivity index (χ0v) is 13.5. The van der Waals surface area contributed by atoms with Crippen molar-refractivity contribution in [3.63, 3.8) is 0 Å². The fourth-order valence-corrected chi connectivity index (χ4v) is 5.35. The Morgan fingerprint density at radius 2 is 1.86 bits per heavy atom. The highest BCUT2D eigenvalue weighted by molar-refractivity contribution is 5.89. The maximum Gasteiger partial charge on any atom is 0.244 e. The van der Waals surface area contributed by atoms with Crippen molar-refractivity contribution in [2.75, 3.05) is 13.1 Å². The van der Waals surface area contributed by atoms with E-state index in [0.717, 1.165) is 12.8 Å². The van der Waals surface area contributed by atoms with Crippen LogP contribution in [-0.2, 0) is 4.79 Å². The van der Waals surface area contributed by atoms with Gasteiger partial charge in [-0.3, -0.25) is 15.0 Å². The molecule has 118 valence electrons. The van der Waals surface area contributed by atoms with Crippen LogP contribution < -0.4 is 5.32 Å². The number of carbonyl (C=O) groups excluding carboxylic acids is 1. The third kappa shape index (κ3) is 1.98. The van der Waals surface area contributed by atoms with E-state index >= 15 is 0 Å². The van der Waals surface area contributed by atoms with Gasteiger partial charge in [-0.1, -0.05) is 26.7 Å². The first-order valence-electron chi connectivity index (χ1n) is 8.97. The zero-order chi connectivity index (χ0) is 14.6. The van der Waals surface area contributed by atoms with E-state index in [1.54, 1.807) is 0 Å². The van der Waals surface area contributed by atoms with Crippen LogP contribution in [0, 0.1) is 5.92 Å². The van der Waals surface area contributed by atoms with Crippen molar-refractivity contribution in [3.8, 4) is 0 Å². The van der Waals surface area contributed by atoms with Gasteiger partial charge in [0.25, 0.3) is 0 Å². The number of carbonyl (C=O) groups is 1. The van der Waals surface area contributed by atoms with Gasteiger partial charge < -0.3 is 4.90 Å². The summed E-state index contributed by atoms with van der Waals surface area (Å²) in [4.78, 5) is 18.2. The van der Waals surface area contributed by atoms with Gasteiger partial charge in [0.15, 0.2) is 0 Å². The summed E-state index contributed by atoms with van der Waals surface area (Å²) >= 11 is 0. The molecular formula is C17H29N3O. The molecule has 3 aliphatic heterocycles. The van der Waals surface area contributed by atoms with Crippen molar-refractivity contribution in [3.05, 3.63) is 0 Å².